The number of hydrogen-bond donors (Lipinski definition) is 0. The summed E-state index contributed by atoms with van der Waals surface area (Å²) in [6, 6.07) is 6.40. The van der Waals surface area contributed by atoms with Crippen molar-refractivity contribution in [3.05, 3.63) is 28.6 Å². The van der Waals surface area contributed by atoms with E-state index in [1.807, 2.05) is 6.92 Å². The number of aryl methyl sites for hydroxylation is 1. The number of benzene rings is 1. The second kappa shape index (κ2) is 7.85. The molecule has 1 amide bonds. The van der Waals surface area contributed by atoms with Gasteiger partial charge < -0.3 is 4.57 Å². The number of hydrogen-bond acceptors (Lipinski definition) is 4. The molecule has 148 valence electrons. The van der Waals surface area contributed by atoms with Gasteiger partial charge in [0.2, 0.25) is 10.0 Å². The summed E-state index contributed by atoms with van der Waals surface area (Å²) in [6.45, 7) is 7.81. The Morgan fingerprint density at radius 3 is 2.74 bits per heavy atom. The molecule has 1 aromatic carbocycles. The van der Waals surface area contributed by atoms with Crippen molar-refractivity contribution in [2.45, 2.75) is 46.1 Å². The summed E-state index contributed by atoms with van der Waals surface area (Å²) < 4.78 is 28.2. The lowest BCUT2D eigenvalue weighted by Gasteiger charge is -2.28. The monoisotopic (exact) mass is 409 g/mol. The predicted molar refractivity (Wildman–Crippen MR) is 109 cm³/mol. The van der Waals surface area contributed by atoms with Crippen LogP contribution in [0.3, 0.4) is 0 Å². The van der Waals surface area contributed by atoms with E-state index in [0.29, 0.717) is 30.1 Å². The molecule has 0 N–H and O–H groups in total. The zero-order valence-electron chi connectivity index (χ0n) is 16.3. The zero-order chi connectivity index (χ0) is 19.8. The fourth-order valence-electron chi connectivity index (χ4n) is 3.47. The molecule has 0 saturated carbocycles. The normalized spacial score (nSPS) is 19.9. The first kappa shape index (κ1) is 20.2. The molecule has 0 aliphatic carbocycles. The zero-order valence-corrected chi connectivity index (χ0v) is 17.9. The Labute approximate surface area is 164 Å². The van der Waals surface area contributed by atoms with Gasteiger partial charge in [-0.3, -0.25) is 4.79 Å². The summed E-state index contributed by atoms with van der Waals surface area (Å²) in [7, 11) is -3.27. The third kappa shape index (κ3) is 4.33. The van der Waals surface area contributed by atoms with Gasteiger partial charge in [-0.15, -0.1) is 0 Å². The van der Waals surface area contributed by atoms with Gasteiger partial charge in [-0.05, 0) is 43.4 Å². The number of rotatable bonds is 4. The standard InChI is InChI=1S/C19H27N3O3S2/c1-5-22-16-9-8-14(13(2)3)11-17(16)26-19(22)20-18(23)15-7-6-10-21(12-15)27(4,24)25/h8-9,11,13,15H,5-7,10,12H2,1-4H3. The van der Waals surface area contributed by atoms with E-state index in [9.17, 15) is 13.2 Å². The molecule has 0 bridgehead atoms. The minimum Gasteiger partial charge on any atom is -0.317 e. The maximum atomic E-state index is 12.8. The molecule has 27 heavy (non-hydrogen) atoms. The van der Waals surface area contributed by atoms with Crippen LogP contribution in [0, 0.1) is 5.92 Å². The Bertz CT molecular complexity index is 1020. The van der Waals surface area contributed by atoms with Crippen molar-refractivity contribution in [3.63, 3.8) is 0 Å². The van der Waals surface area contributed by atoms with Crippen molar-refractivity contribution < 1.29 is 13.2 Å². The highest BCUT2D eigenvalue weighted by Gasteiger charge is 2.30. The lowest BCUT2D eigenvalue weighted by Crippen LogP contribution is -2.41. The number of carbonyl (C=O) groups is 1. The summed E-state index contributed by atoms with van der Waals surface area (Å²) >= 11 is 1.52. The fraction of sp³-hybridized carbons (Fsp3) is 0.579. The van der Waals surface area contributed by atoms with Crippen LogP contribution in [0.1, 0.15) is 45.1 Å². The molecule has 8 heteroatoms. The van der Waals surface area contributed by atoms with Gasteiger partial charge in [0.1, 0.15) is 0 Å². The Hall–Kier alpha value is -1.51. The average molecular weight is 410 g/mol. The Kier molecular flexibility index (Phi) is 5.88. The van der Waals surface area contributed by atoms with Crippen LogP contribution in [0.2, 0.25) is 0 Å². The number of amides is 1. The van der Waals surface area contributed by atoms with Crippen LogP contribution in [-0.4, -0.2) is 42.5 Å². The maximum absolute atomic E-state index is 12.8. The second-order valence-corrected chi connectivity index (χ2v) is 10.4. The molecule has 0 spiro atoms. The first-order valence-corrected chi connectivity index (χ1v) is 12.0. The number of thiazole rings is 1. The summed E-state index contributed by atoms with van der Waals surface area (Å²) in [5.74, 6) is -0.144. The molecule has 1 aliphatic heterocycles. The van der Waals surface area contributed by atoms with Gasteiger partial charge in [-0.25, -0.2) is 12.7 Å². The van der Waals surface area contributed by atoms with Gasteiger partial charge in [-0.2, -0.15) is 4.99 Å². The molecule has 3 rings (SSSR count). The molecular formula is C19H27N3O3S2. The minimum atomic E-state index is -3.27. The molecule has 1 fully saturated rings. The summed E-state index contributed by atoms with van der Waals surface area (Å²) in [5, 5.41) is 0. The number of piperidine rings is 1. The van der Waals surface area contributed by atoms with E-state index in [2.05, 4.69) is 41.6 Å². The van der Waals surface area contributed by atoms with Gasteiger partial charge >= 0.3 is 0 Å². The van der Waals surface area contributed by atoms with Gasteiger partial charge in [0.25, 0.3) is 5.91 Å². The predicted octanol–water partition coefficient (Wildman–Crippen LogP) is 2.95. The van der Waals surface area contributed by atoms with Crippen molar-refractivity contribution in [1.29, 1.82) is 0 Å². The second-order valence-electron chi connectivity index (χ2n) is 7.42. The molecule has 6 nitrogen and oxygen atoms in total. The van der Waals surface area contributed by atoms with Crippen molar-refractivity contribution in [2.75, 3.05) is 19.3 Å². The first-order valence-electron chi connectivity index (χ1n) is 9.37. The molecule has 1 atom stereocenters. The lowest BCUT2D eigenvalue weighted by atomic mass is 9.99. The number of sulfonamides is 1. The van der Waals surface area contributed by atoms with Crippen LogP contribution < -0.4 is 4.80 Å². The highest BCUT2D eigenvalue weighted by molar-refractivity contribution is 7.88. The van der Waals surface area contributed by atoms with Gasteiger partial charge in [0, 0.05) is 19.6 Å². The summed E-state index contributed by atoms with van der Waals surface area (Å²) in [4.78, 5) is 17.9. The van der Waals surface area contributed by atoms with E-state index in [4.69, 9.17) is 0 Å². The van der Waals surface area contributed by atoms with E-state index < -0.39 is 10.0 Å². The SMILES string of the molecule is CCn1c(=NC(=O)C2CCCN(S(C)(=O)=O)C2)sc2cc(C(C)C)ccc21. The number of aromatic nitrogens is 1. The molecule has 1 aliphatic rings. The molecule has 1 aromatic heterocycles. The molecule has 2 heterocycles. The molecular weight excluding hydrogens is 382 g/mol. The Balaban J connectivity index is 1.96. The Morgan fingerprint density at radius 1 is 1.37 bits per heavy atom. The molecule has 1 saturated heterocycles. The summed E-state index contributed by atoms with van der Waals surface area (Å²) in [5.41, 5.74) is 2.35. The van der Waals surface area contributed by atoms with Crippen LogP contribution in [0.15, 0.2) is 23.2 Å². The lowest BCUT2D eigenvalue weighted by molar-refractivity contribution is -0.122. The third-order valence-corrected chi connectivity index (χ3v) is 7.41. The number of nitrogens with zero attached hydrogens (tertiary/aromatic N) is 3. The quantitative estimate of drug-likeness (QED) is 0.779. The highest BCUT2D eigenvalue weighted by atomic mass is 32.2. The van der Waals surface area contributed by atoms with E-state index >= 15 is 0 Å². The topological polar surface area (TPSA) is 71.7 Å². The van der Waals surface area contributed by atoms with Crippen LogP contribution in [0.4, 0.5) is 0 Å². The minimum absolute atomic E-state index is 0.221. The van der Waals surface area contributed by atoms with Gasteiger partial charge in [-0.1, -0.05) is 31.3 Å². The van der Waals surface area contributed by atoms with Crippen molar-refractivity contribution >= 4 is 37.5 Å². The average Bonchev–Trinajstić information content (AvgIpc) is 2.97. The smallest absolute Gasteiger partial charge is 0.252 e. The van der Waals surface area contributed by atoms with Crippen LogP contribution in [0.25, 0.3) is 10.2 Å². The van der Waals surface area contributed by atoms with Crippen LogP contribution >= 0.6 is 11.3 Å². The van der Waals surface area contributed by atoms with E-state index in [0.717, 1.165) is 16.8 Å². The van der Waals surface area contributed by atoms with Gasteiger partial charge in [0.15, 0.2) is 4.80 Å². The maximum Gasteiger partial charge on any atom is 0.252 e. The van der Waals surface area contributed by atoms with Crippen LogP contribution in [0.5, 0.6) is 0 Å². The molecule has 0 radical (unpaired) electrons. The van der Waals surface area contributed by atoms with E-state index in [1.54, 1.807) is 0 Å². The third-order valence-electron chi connectivity index (χ3n) is 5.10. The van der Waals surface area contributed by atoms with Crippen molar-refractivity contribution in [3.8, 4) is 0 Å². The summed E-state index contributed by atoms with van der Waals surface area (Å²) in [6.07, 6.45) is 2.57. The number of fused-ring (bicyclic) bond motifs is 1. The van der Waals surface area contributed by atoms with Crippen molar-refractivity contribution in [2.24, 2.45) is 10.9 Å². The van der Waals surface area contributed by atoms with Crippen LogP contribution in [-0.2, 0) is 21.4 Å². The molecule has 2 aromatic rings. The largest absolute Gasteiger partial charge is 0.317 e. The first-order chi connectivity index (χ1) is 12.7. The van der Waals surface area contributed by atoms with E-state index in [1.165, 1.54) is 27.5 Å². The Morgan fingerprint density at radius 2 is 2.11 bits per heavy atom. The van der Waals surface area contributed by atoms with Crippen molar-refractivity contribution in [1.82, 2.24) is 8.87 Å². The van der Waals surface area contributed by atoms with Gasteiger partial charge in [0.05, 0.1) is 22.4 Å². The molecule has 1 unspecified atom stereocenters. The fourth-order valence-corrected chi connectivity index (χ4v) is 5.53. The highest BCUT2D eigenvalue weighted by Crippen LogP contribution is 2.24. The van der Waals surface area contributed by atoms with E-state index in [-0.39, 0.29) is 18.4 Å². The number of carbonyl (C=O) groups excluding carboxylic acids is 1.